The summed E-state index contributed by atoms with van der Waals surface area (Å²) >= 11 is 0. The van der Waals surface area contributed by atoms with E-state index in [1.807, 2.05) is 0 Å². The molecule has 0 bridgehead atoms. The number of aliphatic hydroxyl groups is 1. The molecule has 114 valence electrons. The molecule has 1 fully saturated rings. The first kappa shape index (κ1) is 16.0. The molecule has 4 nitrogen and oxygen atoms in total. The van der Waals surface area contributed by atoms with Gasteiger partial charge in [0.15, 0.2) is 0 Å². The van der Waals surface area contributed by atoms with Crippen molar-refractivity contribution >= 4 is 10.0 Å². The van der Waals surface area contributed by atoms with Crippen molar-refractivity contribution in [3.8, 4) is 11.8 Å². The maximum absolute atomic E-state index is 12.7. The van der Waals surface area contributed by atoms with Crippen molar-refractivity contribution in [1.29, 1.82) is 0 Å². The van der Waals surface area contributed by atoms with Crippen molar-refractivity contribution in [2.45, 2.75) is 37.6 Å². The van der Waals surface area contributed by atoms with Gasteiger partial charge in [-0.1, -0.05) is 25.7 Å². The fourth-order valence-electron chi connectivity index (χ4n) is 2.72. The van der Waals surface area contributed by atoms with Crippen LogP contribution < -0.4 is 0 Å². The molecule has 0 amide bonds. The van der Waals surface area contributed by atoms with Gasteiger partial charge in [-0.15, -0.1) is 0 Å². The maximum Gasteiger partial charge on any atom is 0.243 e. The first-order chi connectivity index (χ1) is 9.96. The predicted molar refractivity (Wildman–Crippen MR) is 82.2 cm³/mol. The van der Waals surface area contributed by atoms with Gasteiger partial charge in [0.25, 0.3) is 0 Å². The molecule has 1 N–H and O–H groups in total. The lowest BCUT2D eigenvalue weighted by molar-refractivity contribution is 0.316. The van der Waals surface area contributed by atoms with Crippen molar-refractivity contribution in [2.75, 3.05) is 13.2 Å². The summed E-state index contributed by atoms with van der Waals surface area (Å²) in [6.07, 6.45) is 1.85. The SMILES string of the molecule is CC(C)C1CCCN1S(=O)(=O)c1ccc(C#CCO)cc1. The van der Waals surface area contributed by atoms with Crippen LogP contribution in [0.2, 0.25) is 0 Å². The molecule has 0 radical (unpaired) electrons. The number of hydrogen-bond donors (Lipinski definition) is 1. The highest BCUT2D eigenvalue weighted by atomic mass is 32.2. The van der Waals surface area contributed by atoms with E-state index in [0.29, 0.717) is 22.9 Å². The number of rotatable bonds is 3. The van der Waals surface area contributed by atoms with Gasteiger partial charge in [-0.25, -0.2) is 8.42 Å². The van der Waals surface area contributed by atoms with E-state index in [1.54, 1.807) is 28.6 Å². The molecule has 1 aromatic rings. The van der Waals surface area contributed by atoms with Gasteiger partial charge in [0.05, 0.1) is 4.90 Å². The third kappa shape index (κ3) is 3.46. The van der Waals surface area contributed by atoms with Crippen LogP contribution in [-0.2, 0) is 10.0 Å². The van der Waals surface area contributed by atoms with E-state index in [1.165, 1.54) is 0 Å². The Hall–Kier alpha value is -1.35. The summed E-state index contributed by atoms with van der Waals surface area (Å²) in [6, 6.07) is 6.62. The normalized spacial score (nSPS) is 19.5. The summed E-state index contributed by atoms with van der Waals surface area (Å²) in [5, 5.41) is 8.66. The monoisotopic (exact) mass is 307 g/mol. The van der Waals surface area contributed by atoms with E-state index >= 15 is 0 Å². The smallest absolute Gasteiger partial charge is 0.243 e. The van der Waals surface area contributed by atoms with E-state index in [0.717, 1.165) is 12.8 Å². The molecule has 1 aromatic carbocycles. The van der Waals surface area contributed by atoms with E-state index < -0.39 is 10.0 Å². The second-order valence-corrected chi connectivity index (χ2v) is 7.44. The Kier molecular flexibility index (Phi) is 5.04. The van der Waals surface area contributed by atoms with Crippen LogP contribution in [0.3, 0.4) is 0 Å². The van der Waals surface area contributed by atoms with Crippen molar-refractivity contribution < 1.29 is 13.5 Å². The fraction of sp³-hybridized carbons (Fsp3) is 0.500. The molecular weight excluding hydrogens is 286 g/mol. The number of sulfonamides is 1. The lowest BCUT2D eigenvalue weighted by Crippen LogP contribution is -2.38. The van der Waals surface area contributed by atoms with Crippen LogP contribution >= 0.6 is 0 Å². The lowest BCUT2D eigenvalue weighted by Gasteiger charge is -2.26. The molecule has 2 rings (SSSR count). The van der Waals surface area contributed by atoms with Gasteiger partial charge >= 0.3 is 0 Å². The molecule has 1 aliphatic rings. The molecule has 1 aliphatic heterocycles. The molecule has 21 heavy (non-hydrogen) atoms. The molecule has 5 heteroatoms. The van der Waals surface area contributed by atoms with Gasteiger partial charge in [-0.05, 0) is 43.0 Å². The molecule has 0 spiro atoms. The van der Waals surface area contributed by atoms with E-state index in [2.05, 4.69) is 25.7 Å². The van der Waals surface area contributed by atoms with Crippen LogP contribution in [0.5, 0.6) is 0 Å². The van der Waals surface area contributed by atoms with E-state index in [-0.39, 0.29) is 12.6 Å². The van der Waals surface area contributed by atoms with Crippen molar-refractivity contribution in [3.05, 3.63) is 29.8 Å². The van der Waals surface area contributed by atoms with Gasteiger partial charge in [0.1, 0.15) is 6.61 Å². The molecule has 0 saturated carbocycles. The van der Waals surface area contributed by atoms with Crippen LogP contribution in [0.4, 0.5) is 0 Å². The number of nitrogens with zero attached hydrogens (tertiary/aromatic N) is 1. The number of hydrogen-bond acceptors (Lipinski definition) is 3. The van der Waals surface area contributed by atoms with Crippen molar-refractivity contribution in [2.24, 2.45) is 5.92 Å². The van der Waals surface area contributed by atoms with Crippen LogP contribution in [-0.4, -0.2) is 37.0 Å². The Morgan fingerprint density at radius 2 is 2.00 bits per heavy atom. The Balaban J connectivity index is 2.27. The number of aliphatic hydroxyl groups excluding tert-OH is 1. The first-order valence-corrected chi connectivity index (χ1v) is 8.62. The summed E-state index contributed by atoms with van der Waals surface area (Å²) in [7, 11) is -3.43. The number of benzene rings is 1. The average Bonchev–Trinajstić information content (AvgIpc) is 2.96. The molecule has 1 saturated heterocycles. The zero-order valence-corrected chi connectivity index (χ0v) is 13.2. The second-order valence-electron chi connectivity index (χ2n) is 5.55. The minimum absolute atomic E-state index is 0.0869. The predicted octanol–water partition coefficient (Wildman–Crippen LogP) is 1.84. The lowest BCUT2D eigenvalue weighted by atomic mass is 10.0. The topological polar surface area (TPSA) is 57.6 Å². The molecule has 0 aliphatic carbocycles. The average molecular weight is 307 g/mol. The summed E-state index contributed by atoms with van der Waals surface area (Å²) in [6.45, 7) is 4.51. The summed E-state index contributed by atoms with van der Waals surface area (Å²) < 4.78 is 27.1. The highest BCUT2D eigenvalue weighted by molar-refractivity contribution is 7.89. The van der Waals surface area contributed by atoms with Gasteiger partial charge in [-0.3, -0.25) is 0 Å². The van der Waals surface area contributed by atoms with Crippen molar-refractivity contribution in [1.82, 2.24) is 4.31 Å². The molecular formula is C16H21NO3S. The van der Waals surface area contributed by atoms with E-state index in [4.69, 9.17) is 5.11 Å². The molecule has 0 aromatic heterocycles. The second kappa shape index (κ2) is 6.61. The van der Waals surface area contributed by atoms with Gasteiger partial charge in [0, 0.05) is 18.2 Å². The van der Waals surface area contributed by atoms with Gasteiger partial charge < -0.3 is 5.11 Å². The van der Waals surface area contributed by atoms with Crippen LogP contribution in [0.25, 0.3) is 0 Å². The van der Waals surface area contributed by atoms with Crippen molar-refractivity contribution in [3.63, 3.8) is 0 Å². The largest absolute Gasteiger partial charge is 0.384 e. The Morgan fingerprint density at radius 1 is 1.33 bits per heavy atom. The van der Waals surface area contributed by atoms with Gasteiger partial charge in [0.2, 0.25) is 10.0 Å². The Labute approximate surface area is 126 Å². The zero-order chi connectivity index (χ0) is 15.5. The summed E-state index contributed by atoms with van der Waals surface area (Å²) in [4.78, 5) is 0.310. The van der Waals surface area contributed by atoms with Crippen LogP contribution in [0.1, 0.15) is 32.3 Å². The van der Waals surface area contributed by atoms with Crippen LogP contribution in [0.15, 0.2) is 29.2 Å². The Bertz CT molecular complexity index is 638. The highest BCUT2D eigenvalue weighted by Gasteiger charge is 2.36. The Morgan fingerprint density at radius 3 is 2.57 bits per heavy atom. The molecule has 1 unspecified atom stereocenters. The molecule has 1 atom stereocenters. The first-order valence-electron chi connectivity index (χ1n) is 7.18. The highest BCUT2D eigenvalue weighted by Crippen LogP contribution is 2.30. The quantitative estimate of drug-likeness (QED) is 0.867. The summed E-state index contributed by atoms with van der Waals surface area (Å²) in [5.41, 5.74) is 0.699. The van der Waals surface area contributed by atoms with Crippen LogP contribution in [0, 0.1) is 17.8 Å². The van der Waals surface area contributed by atoms with E-state index in [9.17, 15) is 8.42 Å². The minimum Gasteiger partial charge on any atom is -0.384 e. The maximum atomic E-state index is 12.7. The third-order valence-corrected chi connectivity index (χ3v) is 5.73. The summed E-state index contributed by atoms with van der Waals surface area (Å²) in [5.74, 6) is 5.62. The third-order valence-electron chi connectivity index (χ3n) is 3.79. The van der Waals surface area contributed by atoms with Gasteiger partial charge in [-0.2, -0.15) is 4.31 Å². The fourth-order valence-corrected chi connectivity index (χ4v) is 4.54. The minimum atomic E-state index is -3.43. The zero-order valence-electron chi connectivity index (χ0n) is 12.4. The molecule has 1 heterocycles. The standard InChI is InChI=1S/C16H21NO3S/c1-13(2)16-6-3-11-17(16)21(19,20)15-9-7-14(8-10-15)5-4-12-18/h7-10,13,16,18H,3,6,11-12H2,1-2H3.